The highest BCUT2D eigenvalue weighted by Gasteiger charge is 2.60. The third-order valence-corrected chi connectivity index (χ3v) is 10.3. The molecule has 3 saturated carbocycles. The summed E-state index contributed by atoms with van der Waals surface area (Å²) in [6.07, 6.45) is 10.9. The van der Waals surface area contributed by atoms with E-state index < -0.39 is 0 Å². The maximum Gasteiger partial charge on any atom is 0.319 e. The van der Waals surface area contributed by atoms with Crippen LogP contribution in [0.15, 0.2) is 30.4 Å². The molecule has 0 bridgehead atoms. The topological polar surface area (TPSA) is 61.4 Å². The second-order valence-corrected chi connectivity index (χ2v) is 11.6. The van der Waals surface area contributed by atoms with Crippen molar-refractivity contribution >= 4 is 17.6 Å². The number of carbonyl (C=O) groups excluding carboxylic acids is 2. The van der Waals surface area contributed by atoms with Gasteiger partial charge in [0.05, 0.1) is 0 Å². The van der Waals surface area contributed by atoms with Crippen LogP contribution in [-0.2, 0) is 4.79 Å². The van der Waals surface area contributed by atoms with Crippen LogP contribution in [0.2, 0.25) is 0 Å². The number of nitrogens with one attached hydrogen (secondary N) is 2. The van der Waals surface area contributed by atoms with Gasteiger partial charge >= 0.3 is 6.03 Å². The Morgan fingerprint density at radius 1 is 1.06 bits per heavy atom. The van der Waals surface area contributed by atoms with Crippen molar-refractivity contribution in [3.63, 3.8) is 0 Å². The van der Waals surface area contributed by atoms with E-state index in [9.17, 15) is 9.59 Å². The molecule has 5 nitrogen and oxygen atoms in total. The summed E-state index contributed by atoms with van der Waals surface area (Å²) in [4.78, 5) is 27.2. The Labute approximate surface area is 198 Å². The van der Waals surface area contributed by atoms with Crippen molar-refractivity contribution in [2.75, 3.05) is 12.4 Å². The van der Waals surface area contributed by atoms with Gasteiger partial charge in [-0.25, -0.2) is 4.79 Å². The van der Waals surface area contributed by atoms with Crippen molar-refractivity contribution in [1.82, 2.24) is 10.2 Å². The first-order valence-electron chi connectivity index (χ1n) is 12.7. The molecule has 0 saturated heterocycles. The number of benzene rings is 1. The second-order valence-electron chi connectivity index (χ2n) is 11.6. The number of hydrogen-bond donors (Lipinski definition) is 2. The molecular formula is C28H39N3O2. The van der Waals surface area contributed by atoms with E-state index in [1.54, 1.807) is 0 Å². The van der Waals surface area contributed by atoms with Crippen LogP contribution in [0.3, 0.4) is 0 Å². The maximum absolute atomic E-state index is 13.0. The lowest BCUT2D eigenvalue weighted by molar-refractivity contribution is -0.138. The standard InChI is InChI=1S/C28H39N3O2/c1-17-7-6-8-22(18(17)2)29-26(33)30-23-11-10-20-19-9-12-24-28(4,16-14-25(32)31(24)5)21(19)13-15-27(20,23)3/h6-8,14,16,19-21,23-24H,9-13,15H2,1-5H3,(H2,29,30,33)/t19-,20-,21-,23-,24+,27-,28+/m0/s1. The molecule has 0 radical (unpaired) electrons. The minimum Gasteiger partial charge on any atom is -0.338 e. The fourth-order valence-corrected chi connectivity index (χ4v) is 8.18. The molecule has 33 heavy (non-hydrogen) atoms. The number of fused-ring (bicyclic) bond motifs is 5. The van der Waals surface area contributed by atoms with E-state index in [4.69, 9.17) is 0 Å². The van der Waals surface area contributed by atoms with Crippen LogP contribution >= 0.6 is 0 Å². The highest BCUT2D eigenvalue weighted by Crippen LogP contribution is 2.63. The van der Waals surface area contributed by atoms with Gasteiger partial charge in [0.25, 0.3) is 0 Å². The quantitative estimate of drug-likeness (QED) is 0.632. The first-order chi connectivity index (χ1) is 15.6. The van der Waals surface area contributed by atoms with Crippen molar-refractivity contribution in [2.24, 2.45) is 28.6 Å². The zero-order valence-corrected chi connectivity index (χ0v) is 20.8. The number of nitrogens with zero attached hydrogens (tertiary/aromatic N) is 1. The van der Waals surface area contributed by atoms with Gasteiger partial charge in [0, 0.05) is 30.2 Å². The van der Waals surface area contributed by atoms with E-state index in [0.29, 0.717) is 23.8 Å². The molecule has 1 heterocycles. The van der Waals surface area contributed by atoms with E-state index in [0.717, 1.165) is 30.5 Å². The summed E-state index contributed by atoms with van der Waals surface area (Å²) in [6.45, 7) is 8.94. The zero-order valence-electron chi connectivity index (χ0n) is 20.8. The number of aryl methyl sites for hydroxylation is 1. The first-order valence-corrected chi connectivity index (χ1v) is 12.7. The van der Waals surface area contributed by atoms with Gasteiger partial charge in [-0.15, -0.1) is 0 Å². The molecule has 178 valence electrons. The molecule has 3 aliphatic carbocycles. The van der Waals surface area contributed by atoms with Crippen LogP contribution in [0.5, 0.6) is 0 Å². The molecule has 1 aromatic rings. The van der Waals surface area contributed by atoms with Gasteiger partial charge in [-0.05, 0) is 98.8 Å². The summed E-state index contributed by atoms with van der Waals surface area (Å²) in [7, 11) is 1.98. The van der Waals surface area contributed by atoms with Gasteiger partial charge in [-0.3, -0.25) is 4.79 Å². The van der Waals surface area contributed by atoms with Gasteiger partial charge in [-0.1, -0.05) is 32.1 Å². The normalized spacial score (nSPS) is 39.5. The van der Waals surface area contributed by atoms with Gasteiger partial charge in [0.1, 0.15) is 0 Å². The number of urea groups is 1. The van der Waals surface area contributed by atoms with Crippen LogP contribution < -0.4 is 10.6 Å². The van der Waals surface area contributed by atoms with Gasteiger partial charge in [-0.2, -0.15) is 0 Å². The minimum absolute atomic E-state index is 0.0679. The van der Waals surface area contributed by atoms with Crippen molar-refractivity contribution in [1.29, 1.82) is 0 Å². The van der Waals surface area contributed by atoms with Crippen LogP contribution in [0.4, 0.5) is 10.5 Å². The lowest BCUT2D eigenvalue weighted by Crippen LogP contribution is -2.60. The number of anilines is 1. The van der Waals surface area contributed by atoms with Crippen molar-refractivity contribution < 1.29 is 9.59 Å². The molecule has 1 aliphatic heterocycles. The van der Waals surface area contributed by atoms with Crippen molar-refractivity contribution in [2.45, 2.75) is 78.3 Å². The predicted molar refractivity (Wildman–Crippen MR) is 132 cm³/mol. The van der Waals surface area contributed by atoms with E-state index in [-0.39, 0.29) is 28.8 Å². The fourth-order valence-electron chi connectivity index (χ4n) is 8.18. The largest absolute Gasteiger partial charge is 0.338 e. The van der Waals surface area contributed by atoms with Crippen LogP contribution in [0, 0.1) is 42.4 Å². The third kappa shape index (κ3) is 3.41. The molecule has 0 unspecified atom stereocenters. The van der Waals surface area contributed by atoms with E-state index in [1.165, 1.54) is 24.8 Å². The highest BCUT2D eigenvalue weighted by atomic mass is 16.2. The van der Waals surface area contributed by atoms with Gasteiger partial charge < -0.3 is 15.5 Å². The Bertz CT molecular complexity index is 1000. The van der Waals surface area contributed by atoms with Crippen LogP contribution in [0.25, 0.3) is 0 Å². The number of rotatable bonds is 2. The Kier molecular flexibility index (Phi) is 5.37. The Balaban J connectivity index is 1.32. The lowest BCUT2D eigenvalue weighted by Gasteiger charge is -2.60. The molecule has 5 heteroatoms. The molecule has 3 amide bonds. The molecule has 0 aromatic heterocycles. The molecule has 0 spiro atoms. The Morgan fingerprint density at radius 2 is 1.85 bits per heavy atom. The van der Waals surface area contributed by atoms with E-state index in [2.05, 4.69) is 50.5 Å². The average Bonchev–Trinajstić information content (AvgIpc) is 3.10. The predicted octanol–water partition coefficient (Wildman–Crippen LogP) is 5.43. The summed E-state index contributed by atoms with van der Waals surface area (Å²) < 4.78 is 0. The number of likely N-dealkylation sites (N-methyl/N-ethyl adjacent to an activating group) is 1. The summed E-state index contributed by atoms with van der Waals surface area (Å²) in [5.41, 5.74) is 3.41. The molecule has 1 aromatic carbocycles. The second kappa shape index (κ2) is 7.89. The van der Waals surface area contributed by atoms with Gasteiger partial charge in [0.15, 0.2) is 0 Å². The van der Waals surface area contributed by atoms with Crippen molar-refractivity contribution in [3.05, 3.63) is 41.5 Å². The smallest absolute Gasteiger partial charge is 0.319 e. The van der Waals surface area contributed by atoms with E-state index in [1.807, 2.05) is 30.2 Å². The first kappa shape index (κ1) is 22.5. The third-order valence-electron chi connectivity index (χ3n) is 10.3. The summed E-state index contributed by atoms with van der Waals surface area (Å²) >= 11 is 0. The van der Waals surface area contributed by atoms with Crippen molar-refractivity contribution in [3.8, 4) is 0 Å². The zero-order chi connectivity index (χ0) is 23.5. The average molecular weight is 450 g/mol. The SMILES string of the molecule is Cc1cccc(NC(=O)N[C@H]2CC[C@H]3[C@@H]4CC[C@H]5N(C)C(=O)C=C[C@]5(C)[C@H]4CC[C@]23C)c1C. The molecule has 2 N–H and O–H groups in total. The van der Waals surface area contributed by atoms with Crippen LogP contribution in [0.1, 0.15) is 63.5 Å². The Hall–Kier alpha value is -2.30. The number of carbonyl (C=O) groups is 2. The molecule has 5 rings (SSSR count). The molecule has 4 aliphatic rings. The molecule has 3 fully saturated rings. The monoisotopic (exact) mass is 449 g/mol. The number of hydrogen-bond acceptors (Lipinski definition) is 2. The Morgan fingerprint density at radius 3 is 2.64 bits per heavy atom. The number of amides is 3. The van der Waals surface area contributed by atoms with Gasteiger partial charge in [0.2, 0.25) is 5.91 Å². The molecule has 7 atom stereocenters. The van der Waals surface area contributed by atoms with E-state index >= 15 is 0 Å². The summed E-state index contributed by atoms with van der Waals surface area (Å²) in [6, 6.07) is 6.50. The van der Waals surface area contributed by atoms with Crippen LogP contribution in [-0.4, -0.2) is 36.0 Å². The molecular weight excluding hydrogens is 410 g/mol. The highest BCUT2D eigenvalue weighted by molar-refractivity contribution is 5.90. The summed E-state index contributed by atoms with van der Waals surface area (Å²) in [5.74, 6) is 2.07. The summed E-state index contributed by atoms with van der Waals surface area (Å²) in [5, 5.41) is 6.47. The fraction of sp³-hybridized carbons (Fsp3) is 0.643. The lowest BCUT2D eigenvalue weighted by atomic mass is 9.48. The minimum atomic E-state index is -0.0799. The maximum atomic E-state index is 13.0.